The molecule has 0 aliphatic rings. The summed E-state index contributed by atoms with van der Waals surface area (Å²) < 4.78 is 2.46. The molecule has 0 bridgehead atoms. The van der Waals surface area contributed by atoms with Crippen LogP contribution in [-0.4, -0.2) is 9.55 Å². The van der Waals surface area contributed by atoms with Crippen LogP contribution in [0.25, 0.3) is 11.0 Å². The van der Waals surface area contributed by atoms with E-state index in [1.807, 2.05) is 12.1 Å². The summed E-state index contributed by atoms with van der Waals surface area (Å²) in [5.74, 6) is 1.17. The molecule has 0 saturated carbocycles. The zero-order valence-corrected chi connectivity index (χ0v) is 12.5. The summed E-state index contributed by atoms with van der Waals surface area (Å²) in [5, 5.41) is 0. The molecule has 3 nitrogen and oxygen atoms in total. The van der Waals surface area contributed by atoms with Gasteiger partial charge in [0.05, 0.1) is 11.0 Å². The number of imidazole rings is 1. The van der Waals surface area contributed by atoms with Crippen LogP contribution in [0, 0.1) is 0 Å². The van der Waals surface area contributed by atoms with Crippen LogP contribution in [0.5, 0.6) is 0 Å². The van der Waals surface area contributed by atoms with Crippen molar-refractivity contribution in [2.24, 2.45) is 0 Å². The first-order valence-electron chi connectivity index (χ1n) is 7.39. The number of fused-ring (bicyclic) bond motifs is 1. The van der Waals surface area contributed by atoms with Crippen molar-refractivity contribution in [2.45, 2.75) is 58.9 Å². The van der Waals surface area contributed by atoms with Gasteiger partial charge in [0.25, 0.3) is 0 Å². The largest absolute Gasteiger partial charge is 0.399 e. The summed E-state index contributed by atoms with van der Waals surface area (Å²) in [6.07, 6.45) is 4.34. The molecule has 104 valence electrons. The van der Waals surface area contributed by atoms with Crippen molar-refractivity contribution in [1.82, 2.24) is 9.55 Å². The van der Waals surface area contributed by atoms with Crippen LogP contribution < -0.4 is 5.73 Å². The fourth-order valence-corrected chi connectivity index (χ4v) is 3.14. The summed E-state index contributed by atoms with van der Waals surface area (Å²) in [5.41, 5.74) is 9.09. The molecule has 0 saturated heterocycles. The Labute approximate surface area is 115 Å². The third-order valence-electron chi connectivity index (χ3n) is 4.51. The molecule has 19 heavy (non-hydrogen) atoms. The number of hydrogen-bond donors (Lipinski definition) is 1. The molecule has 0 spiro atoms. The Morgan fingerprint density at radius 3 is 2.26 bits per heavy atom. The quantitative estimate of drug-likeness (QED) is 0.821. The van der Waals surface area contributed by atoms with E-state index in [0.29, 0.717) is 0 Å². The highest BCUT2D eigenvalue weighted by Crippen LogP contribution is 2.34. The SMILES string of the molecule is CCc1nc2cc(N)ccc2n1C(CC)(CC)CC. The molecule has 3 heteroatoms. The number of nitrogens with zero attached hydrogens (tertiary/aromatic N) is 2. The second-order valence-corrected chi connectivity index (χ2v) is 5.25. The van der Waals surface area contributed by atoms with Gasteiger partial charge in [-0.05, 0) is 37.5 Å². The Hall–Kier alpha value is -1.51. The minimum Gasteiger partial charge on any atom is -0.399 e. The van der Waals surface area contributed by atoms with Gasteiger partial charge >= 0.3 is 0 Å². The highest BCUT2D eigenvalue weighted by Gasteiger charge is 2.30. The van der Waals surface area contributed by atoms with E-state index in [9.17, 15) is 0 Å². The van der Waals surface area contributed by atoms with Gasteiger partial charge in [-0.25, -0.2) is 4.98 Å². The topological polar surface area (TPSA) is 43.8 Å². The van der Waals surface area contributed by atoms with Gasteiger partial charge < -0.3 is 10.3 Å². The van der Waals surface area contributed by atoms with Crippen molar-refractivity contribution < 1.29 is 0 Å². The maximum Gasteiger partial charge on any atom is 0.110 e. The summed E-state index contributed by atoms with van der Waals surface area (Å²) in [7, 11) is 0. The zero-order valence-electron chi connectivity index (χ0n) is 12.5. The van der Waals surface area contributed by atoms with E-state index < -0.39 is 0 Å². The van der Waals surface area contributed by atoms with E-state index in [0.717, 1.165) is 36.9 Å². The lowest BCUT2D eigenvalue weighted by atomic mass is 9.89. The second kappa shape index (κ2) is 5.24. The summed E-state index contributed by atoms with van der Waals surface area (Å²) in [4.78, 5) is 4.78. The lowest BCUT2D eigenvalue weighted by Crippen LogP contribution is -2.32. The first-order chi connectivity index (χ1) is 9.11. The highest BCUT2D eigenvalue weighted by atomic mass is 15.1. The number of nitrogens with two attached hydrogens (primary N) is 1. The first kappa shape index (κ1) is 13.9. The second-order valence-electron chi connectivity index (χ2n) is 5.25. The minimum absolute atomic E-state index is 0.177. The molecule has 0 atom stereocenters. The van der Waals surface area contributed by atoms with Gasteiger partial charge in [-0.3, -0.25) is 0 Å². The normalized spacial score (nSPS) is 12.2. The monoisotopic (exact) mass is 259 g/mol. The molecule has 1 heterocycles. The van der Waals surface area contributed by atoms with Crippen molar-refractivity contribution in [3.63, 3.8) is 0 Å². The van der Waals surface area contributed by atoms with Crippen molar-refractivity contribution in [2.75, 3.05) is 5.73 Å². The number of nitrogen functional groups attached to an aromatic ring is 1. The van der Waals surface area contributed by atoms with Gasteiger partial charge in [0, 0.05) is 17.6 Å². The standard InChI is InChI=1S/C16H25N3/c1-5-15-18-13-11-12(17)9-10-14(13)19(15)16(6-2,7-3)8-4/h9-11H,5-8,17H2,1-4H3. The fourth-order valence-electron chi connectivity index (χ4n) is 3.14. The van der Waals surface area contributed by atoms with Gasteiger partial charge in [0.15, 0.2) is 0 Å². The van der Waals surface area contributed by atoms with Crippen molar-refractivity contribution in [3.05, 3.63) is 24.0 Å². The zero-order chi connectivity index (χ0) is 14.0. The van der Waals surface area contributed by atoms with Crippen LogP contribution in [0.3, 0.4) is 0 Å². The maximum absolute atomic E-state index is 5.88. The number of anilines is 1. The number of benzene rings is 1. The predicted molar refractivity (Wildman–Crippen MR) is 82.4 cm³/mol. The number of aromatic nitrogens is 2. The van der Waals surface area contributed by atoms with Gasteiger partial charge in [-0.15, -0.1) is 0 Å². The molecule has 1 aromatic carbocycles. The van der Waals surface area contributed by atoms with Gasteiger partial charge in [0.1, 0.15) is 5.82 Å². The Balaban J connectivity index is 2.76. The Morgan fingerprint density at radius 1 is 1.11 bits per heavy atom. The Bertz CT molecular complexity index is 556. The molecule has 0 aliphatic heterocycles. The Kier molecular flexibility index (Phi) is 3.83. The molecule has 0 aliphatic carbocycles. The van der Waals surface area contributed by atoms with E-state index >= 15 is 0 Å². The van der Waals surface area contributed by atoms with Crippen LogP contribution in [0.4, 0.5) is 5.69 Å². The van der Waals surface area contributed by atoms with E-state index in [1.54, 1.807) is 0 Å². The number of hydrogen-bond acceptors (Lipinski definition) is 2. The highest BCUT2D eigenvalue weighted by molar-refractivity contribution is 5.80. The fraction of sp³-hybridized carbons (Fsp3) is 0.562. The molecular formula is C16H25N3. The van der Waals surface area contributed by atoms with Crippen LogP contribution in [-0.2, 0) is 12.0 Å². The third kappa shape index (κ3) is 2.11. The van der Waals surface area contributed by atoms with E-state index in [-0.39, 0.29) is 5.54 Å². The first-order valence-corrected chi connectivity index (χ1v) is 7.39. The van der Waals surface area contributed by atoms with Gasteiger partial charge in [-0.2, -0.15) is 0 Å². The molecule has 0 amide bonds. The minimum atomic E-state index is 0.177. The number of aryl methyl sites for hydroxylation is 1. The molecular weight excluding hydrogens is 234 g/mol. The van der Waals surface area contributed by atoms with Gasteiger partial charge in [-0.1, -0.05) is 27.7 Å². The molecule has 0 radical (unpaired) electrons. The van der Waals surface area contributed by atoms with Crippen LogP contribution in [0.2, 0.25) is 0 Å². The third-order valence-corrected chi connectivity index (χ3v) is 4.51. The maximum atomic E-state index is 5.88. The lowest BCUT2D eigenvalue weighted by Gasteiger charge is -2.34. The average molecular weight is 259 g/mol. The van der Waals surface area contributed by atoms with Crippen molar-refractivity contribution in [3.8, 4) is 0 Å². The molecule has 0 unspecified atom stereocenters. The van der Waals surface area contributed by atoms with E-state index in [1.165, 1.54) is 11.3 Å². The van der Waals surface area contributed by atoms with Crippen LogP contribution >= 0.6 is 0 Å². The number of rotatable bonds is 5. The summed E-state index contributed by atoms with van der Waals surface area (Å²) in [6, 6.07) is 6.08. The summed E-state index contributed by atoms with van der Waals surface area (Å²) in [6.45, 7) is 8.99. The van der Waals surface area contributed by atoms with Crippen LogP contribution in [0.1, 0.15) is 52.8 Å². The van der Waals surface area contributed by atoms with E-state index in [4.69, 9.17) is 10.7 Å². The predicted octanol–water partition coefficient (Wildman–Crippen LogP) is 4.11. The molecule has 2 N–H and O–H groups in total. The molecule has 2 aromatic rings. The molecule has 0 fully saturated rings. The average Bonchev–Trinajstić information content (AvgIpc) is 2.80. The molecule has 1 aromatic heterocycles. The summed E-state index contributed by atoms with van der Waals surface area (Å²) >= 11 is 0. The van der Waals surface area contributed by atoms with Crippen molar-refractivity contribution >= 4 is 16.7 Å². The van der Waals surface area contributed by atoms with Crippen molar-refractivity contribution in [1.29, 1.82) is 0 Å². The smallest absolute Gasteiger partial charge is 0.110 e. The van der Waals surface area contributed by atoms with Gasteiger partial charge in [0.2, 0.25) is 0 Å². The van der Waals surface area contributed by atoms with Crippen LogP contribution in [0.15, 0.2) is 18.2 Å². The lowest BCUT2D eigenvalue weighted by molar-refractivity contribution is 0.251. The Morgan fingerprint density at radius 2 is 1.74 bits per heavy atom. The molecule has 2 rings (SSSR count). The van der Waals surface area contributed by atoms with E-state index in [2.05, 4.69) is 38.3 Å².